The first kappa shape index (κ1) is 9.48. The van der Waals surface area contributed by atoms with Crippen LogP contribution >= 0.6 is 0 Å². The third kappa shape index (κ3) is 2.46. The molecule has 0 saturated carbocycles. The third-order valence-corrected chi connectivity index (χ3v) is 2.24. The number of nitrogens with zero attached hydrogens (tertiary/aromatic N) is 1. The van der Waals surface area contributed by atoms with E-state index in [-0.39, 0.29) is 12.5 Å². The van der Waals surface area contributed by atoms with E-state index < -0.39 is 0 Å². The maximum atomic E-state index is 11.1. The Bertz CT molecular complexity index is 161. The fourth-order valence-electron chi connectivity index (χ4n) is 1.43. The molecular weight excluding hydrogens is 156 g/mol. The summed E-state index contributed by atoms with van der Waals surface area (Å²) in [5.74, 6) is 0.0628. The van der Waals surface area contributed by atoms with Crippen LogP contribution in [0.4, 0.5) is 0 Å². The number of nitrogens with one attached hydrogen (secondary N) is 1. The molecule has 1 atom stereocenters. The second-order valence-electron chi connectivity index (χ2n) is 3.18. The van der Waals surface area contributed by atoms with E-state index in [0.717, 1.165) is 13.0 Å². The molecule has 1 saturated heterocycles. The molecular formula is C8H16N2O2. The van der Waals surface area contributed by atoms with Crippen molar-refractivity contribution < 1.29 is 9.90 Å². The zero-order valence-electron chi connectivity index (χ0n) is 7.42. The molecule has 4 nitrogen and oxygen atoms in total. The summed E-state index contributed by atoms with van der Waals surface area (Å²) in [4.78, 5) is 13.1. The SMILES string of the molecule is CC1CCNC(=O)CN1CCO. The van der Waals surface area contributed by atoms with E-state index in [0.29, 0.717) is 19.1 Å². The van der Waals surface area contributed by atoms with Gasteiger partial charge in [0, 0.05) is 19.1 Å². The van der Waals surface area contributed by atoms with Gasteiger partial charge in [-0.05, 0) is 13.3 Å². The van der Waals surface area contributed by atoms with Crippen molar-refractivity contribution in [2.75, 3.05) is 26.2 Å². The van der Waals surface area contributed by atoms with Crippen molar-refractivity contribution in [1.29, 1.82) is 0 Å². The molecule has 4 heteroatoms. The minimum Gasteiger partial charge on any atom is -0.395 e. The Morgan fingerprint density at radius 1 is 1.75 bits per heavy atom. The molecule has 0 radical (unpaired) electrons. The molecule has 1 unspecified atom stereocenters. The van der Waals surface area contributed by atoms with Gasteiger partial charge in [0.15, 0.2) is 0 Å². The van der Waals surface area contributed by atoms with Crippen molar-refractivity contribution in [3.05, 3.63) is 0 Å². The Hall–Kier alpha value is -0.610. The predicted molar refractivity (Wildman–Crippen MR) is 45.7 cm³/mol. The lowest BCUT2D eigenvalue weighted by Crippen LogP contribution is -2.38. The Morgan fingerprint density at radius 2 is 2.50 bits per heavy atom. The quantitative estimate of drug-likeness (QED) is 0.573. The monoisotopic (exact) mass is 172 g/mol. The summed E-state index contributed by atoms with van der Waals surface area (Å²) >= 11 is 0. The van der Waals surface area contributed by atoms with Gasteiger partial charge in [0.25, 0.3) is 0 Å². The number of hydrogen-bond donors (Lipinski definition) is 2. The van der Waals surface area contributed by atoms with Crippen molar-refractivity contribution in [2.45, 2.75) is 19.4 Å². The van der Waals surface area contributed by atoms with Gasteiger partial charge in [-0.2, -0.15) is 0 Å². The topological polar surface area (TPSA) is 52.6 Å². The van der Waals surface area contributed by atoms with E-state index in [1.807, 2.05) is 4.90 Å². The van der Waals surface area contributed by atoms with E-state index in [9.17, 15) is 4.79 Å². The van der Waals surface area contributed by atoms with Gasteiger partial charge in [0.2, 0.25) is 5.91 Å². The first-order chi connectivity index (χ1) is 5.74. The number of β-amino-alcohol motifs (C(OH)–C–C–N with tert-alkyl or cyclic N) is 1. The van der Waals surface area contributed by atoms with E-state index in [4.69, 9.17) is 5.11 Å². The maximum Gasteiger partial charge on any atom is 0.234 e. The summed E-state index contributed by atoms with van der Waals surface area (Å²) in [6.07, 6.45) is 0.964. The number of amides is 1. The molecule has 0 aromatic rings. The first-order valence-electron chi connectivity index (χ1n) is 4.35. The van der Waals surface area contributed by atoms with Crippen molar-refractivity contribution in [2.24, 2.45) is 0 Å². The van der Waals surface area contributed by atoms with Gasteiger partial charge in [0.1, 0.15) is 0 Å². The number of hydrogen-bond acceptors (Lipinski definition) is 3. The molecule has 12 heavy (non-hydrogen) atoms. The zero-order valence-corrected chi connectivity index (χ0v) is 7.42. The second kappa shape index (κ2) is 4.42. The van der Waals surface area contributed by atoms with Crippen molar-refractivity contribution in [1.82, 2.24) is 10.2 Å². The molecule has 1 heterocycles. The summed E-state index contributed by atoms with van der Waals surface area (Å²) in [6, 6.07) is 0.385. The Labute approximate surface area is 72.6 Å². The second-order valence-corrected chi connectivity index (χ2v) is 3.18. The highest BCUT2D eigenvalue weighted by atomic mass is 16.3. The largest absolute Gasteiger partial charge is 0.395 e. The van der Waals surface area contributed by atoms with Crippen LogP contribution in [-0.4, -0.2) is 48.2 Å². The van der Waals surface area contributed by atoms with Crippen LogP contribution in [0.1, 0.15) is 13.3 Å². The smallest absolute Gasteiger partial charge is 0.234 e. The van der Waals surface area contributed by atoms with Gasteiger partial charge in [0.05, 0.1) is 13.2 Å². The van der Waals surface area contributed by atoms with Gasteiger partial charge < -0.3 is 10.4 Å². The molecule has 0 bridgehead atoms. The maximum absolute atomic E-state index is 11.1. The van der Waals surface area contributed by atoms with Gasteiger partial charge in [-0.25, -0.2) is 0 Å². The zero-order chi connectivity index (χ0) is 8.97. The van der Waals surface area contributed by atoms with Crippen molar-refractivity contribution in [3.63, 3.8) is 0 Å². The lowest BCUT2D eigenvalue weighted by Gasteiger charge is -2.24. The highest BCUT2D eigenvalue weighted by Gasteiger charge is 2.19. The molecule has 0 spiro atoms. The molecule has 70 valence electrons. The van der Waals surface area contributed by atoms with Crippen LogP contribution in [0.2, 0.25) is 0 Å². The minimum atomic E-state index is 0.0628. The van der Waals surface area contributed by atoms with Crippen molar-refractivity contribution >= 4 is 5.91 Å². The van der Waals surface area contributed by atoms with Gasteiger partial charge >= 0.3 is 0 Å². The summed E-state index contributed by atoms with van der Waals surface area (Å²) < 4.78 is 0. The molecule has 1 aliphatic rings. The highest BCUT2D eigenvalue weighted by molar-refractivity contribution is 5.78. The van der Waals surface area contributed by atoms with E-state index in [2.05, 4.69) is 12.2 Å². The average molecular weight is 172 g/mol. The molecule has 2 N–H and O–H groups in total. The van der Waals surface area contributed by atoms with Gasteiger partial charge in [-0.15, -0.1) is 0 Å². The standard InChI is InChI=1S/C8H16N2O2/c1-7-2-3-9-8(12)6-10(7)4-5-11/h7,11H,2-6H2,1H3,(H,9,12). The molecule has 0 aromatic heterocycles. The van der Waals surface area contributed by atoms with E-state index in [1.54, 1.807) is 0 Å². The van der Waals surface area contributed by atoms with Crippen LogP contribution in [0.3, 0.4) is 0 Å². The van der Waals surface area contributed by atoms with Gasteiger partial charge in [-0.1, -0.05) is 0 Å². The molecule has 1 amide bonds. The lowest BCUT2D eigenvalue weighted by molar-refractivity contribution is -0.121. The van der Waals surface area contributed by atoms with Gasteiger partial charge in [-0.3, -0.25) is 9.69 Å². The van der Waals surface area contributed by atoms with Crippen LogP contribution in [-0.2, 0) is 4.79 Å². The Kier molecular flexibility index (Phi) is 3.49. The average Bonchev–Trinajstić information content (AvgIpc) is 2.16. The first-order valence-corrected chi connectivity index (χ1v) is 4.35. The summed E-state index contributed by atoms with van der Waals surface area (Å²) in [7, 11) is 0. The summed E-state index contributed by atoms with van der Waals surface area (Å²) in [5.41, 5.74) is 0. The van der Waals surface area contributed by atoms with E-state index >= 15 is 0 Å². The summed E-state index contributed by atoms with van der Waals surface area (Å²) in [5, 5.41) is 11.5. The molecule has 1 fully saturated rings. The molecule has 1 rings (SSSR count). The number of carbonyl (C=O) groups is 1. The number of aliphatic hydroxyl groups is 1. The molecule has 0 aliphatic carbocycles. The number of carbonyl (C=O) groups excluding carboxylic acids is 1. The summed E-state index contributed by atoms with van der Waals surface area (Å²) in [6.45, 7) is 3.96. The fraction of sp³-hybridized carbons (Fsp3) is 0.875. The highest BCUT2D eigenvalue weighted by Crippen LogP contribution is 2.04. The van der Waals surface area contributed by atoms with Crippen LogP contribution in [0.25, 0.3) is 0 Å². The van der Waals surface area contributed by atoms with Crippen LogP contribution in [0.15, 0.2) is 0 Å². The number of aliphatic hydroxyl groups excluding tert-OH is 1. The molecule has 0 aromatic carbocycles. The Balaban J connectivity index is 2.48. The third-order valence-electron chi connectivity index (χ3n) is 2.24. The molecule has 1 aliphatic heterocycles. The fourth-order valence-corrected chi connectivity index (χ4v) is 1.43. The minimum absolute atomic E-state index is 0.0628. The number of rotatable bonds is 2. The van der Waals surface area contributed by atoms with E-state index in [1.165, 1.54) is 0 Å². The van der Waals surface area contributed by atoms with Crippen LogP contribution < -0.4 is 5.32 Å². The normalized spacial score (nSPS) is 26.5. The van der Waals surface area contributed by atoms with Crippen molar-refractivity contribution in [3.8, 4) is 0 Å². The van der Waals surface area contributed by atoms with Crippen LogP contribution in [0.5, 0.6) is 0 Å². The Morgan fingerprint density at radius 3 is 3.17 bits per heavy atom. The lowest BCUT2D eigenvalue weighted by atomic mass is 10.2. The predicted octanol–water partition coefficient (Wildman–Crippen LogP) is -0.811. The van der Waals surface area contributed by atoms with Crippen LogP contribution in [0, 0.1) is 0 Å².